The Balaban J connectivity index is 1.45. The average molecular weight is 425 g/mol. The molecule has 7 heteroatoms. The number of benzene rings is 2. The van der Waals surface area contributed by atoms with Crippen LogP contribution in [0.4, 0.5) is 5.69 Å². The zero-order valence-electron chi connectivity index (χ0n) is 17.0. The molecule has 1 aliphatic rings. The Morgan fingerprint density at radius 3 is 2.77 bits per heavy atom. The van der Waals surface area contributed by atoms with E-state index >= 15 is 0 Å². The standard InChI is InChI=1S/C23H25ClN4O2/c1-30-18-10-6-16(7-11-18)8-13-22(29)25-17-9-12-20(24)19(15-17)23-27-26-21-5-3-2-4-14-28(21)23/h6-7,9-12,15H,2-5,8,13-14H2,1H3,(H,25,29). The van der Waals surface area contributed by atoms with Crippen molar-refractivity contribution in [3.63, 3.8) is 0 Å². The maximum Gasteiger partial charge on any atom is 0.224 e. The minimum Gasteiger partial charge on any atom is -0.497 e. The van der Waals surface area contributed by atoms with Gasteiger partial charge in [0, 0.05) is 30.6 Å². The van der Waals surface area contributed by atoms with E-state index in [0.29, 0.717) is 23.6 Å². The van der Waals surface area contributed by atoms with Gasteiger partial charge in [0.1, 0.15) is 11.6 Å². The highest BCUT2D eigenvalue weighted by atomic mass is 35.5. The molecule has 0 fully saturated rings. The number of carbonyl (C=O) groups excluding carboxylic acids is 1. The third-order valence-corrected chi connectivity index (χ3v) is 5.73. The first-order valence-electron chi connectivity index (χ1n) is 10.3. The van der Waals surface area contributed by atoms with Crippen LogP contribution in [0, 0.1) is 0 Å². The molecule has 1 aliphatic heterocycles. The van der Waals surface area contributed by atoms with E-state index in [4.69, 9.17) is 16.3 Å². The Hall–Kier alpha value is -2.86. The SMILES string of the molecule is COc1ccc(CCC(=O)Nc2ccc(Cl)c(-c3nnc4n3CCCCC4)c2)cc1. The van der Waals surface area contributed by atoms with E-state index in [1.54, 1.807) is 13.2 Å². The number of fused-ring (bicyclic) bond motifs is 1. The smallest absolute Gasteiger partial charge is 0.224 e. The second-order valence-corrected chi connectivity index (χ2v) is 7.90. The molecule has 156 valence electrons. The lowest BCUT2D eigenvalue weighted by Crippen LogP contribution is -2.12. The van der Waals surface area contributed by atoms with Crippen molar-refractivity contribution in [1.29, 1.82) is 0 Å². The quantitative estimate of drug-likeness (QED) is 0.610. The lowest BCUT2D eigenvalue weighted by Gasteiger charge is -2.11. The summed E-state index contributed by atoms with van der Waals surface area (Å²) in [5.74, 6) is 2.54. The van der Waals surface area contributed by atoms with Gasteiger partial charge in [0.25, 0.3) is 0 Å². The van der Waals surface area contributed by atoms with Gasteiger partial charge in [-0.15, -0.1) is 10.2 Å². The summed E-state index contributed by atoms with van der Waals surface area (Å²) in [5, 5.41) is 12.3. The zero-order valence-corrected chi connectivity index (χ0v) is 17.8. The Morgan fingerprint density at radius 1 is 1.13 bits per heavy atom. The summed E-state index contributed by atoms with van der Waals surface area (Å²) in [6.07, 6.45) is 5.43. The molecule has 0 aliphatic carbocycles. The first-order chi connectivity index (χ1) is 14.6. The molecular formula is C23H25ClN4O2. The molecule has 2 aromatic carbocycles. The Morgan fingerprint density at radius 2 is 1.97 bits per heavy atom. The molecule has 2 heterocycles. The lowest BCUT2D eigenvalue weighted by atomic mass is 10.1. The van der Waals surface area contributed by atoms with Crippen molar-refractivity contribution < 1.29 is 9.53 Å². The number of hydrogen-bond acceptors (Lipinski definition) is 4. The first kappa shape index (κ1) is 20.4. The molecule has 4 rings (SSSR count). The number of halogens is 1. The van der Waals surface area contributed by atoms with Crippen LogP contribution in [0.1, 0.15) is 37.1 Å². The van der Waals surface area contributed by atoms with E-state index in [1.165, 1.54) is 6.42 Å². The second-order valence-electron chi connectivity index (χ2n) is 7.49. The third kappa shape index (κ3) is 4.65. The summed E-state index contributed by atoms with van der Waals surface area (Å²) in [6.45, 7) is 0.895. The maximum atomic E-state index is 12.5. The number of aryl methyl sites for hydroxylation is 2. The van der Waals surface area contributed by atoms with E-state index in [9.17, 15) is 4.79 Å². The molecule has 0 bridgehead atoms. The number of aromatic nitrogens is 3. The van der Waals surface area contributed by atoms with E-state index in [0.717, 1.165) is 54.3 Å². The molecule has 0 radical (unpaired) electrons. The normalized spacial score (nSPS) is 13.4. The summed E-state index contributed by atoms with van der Waals surface area (Å²) < 4.78 is 7.32. The fourth-order valence-electron chi connectivity index (χ4n) is 3.73. The zero-order chi connectivity index (χ0) is 20.9. The van der Waals surface area contributed by atoms with Gasteiger partial charge in [-0.05, 0) is 55.2 Å². The summed E-state index contributed by atoms with van der Waals surface area (Å²) in [5.41, 5.74) is 2.60. The second kappa shape index (κ2) is 9.30. The van der Waals surface area contributed by atoms with Crippen LogP contribution in [0.3, 0.4) is 0 Å². The molecular weight excluding hydrogens is 400 g/mol. The fraction of sp³-hybridized carbons (Fsp3) is 0.348. The van der Waals surface area contributed by atoms with Crippen molar-refractivity contribution in [2.45, 2.75) is 45.1 Å². The Labute approximate surface area is 181 Å². The average Bonchev–Trinajstić information content (AvgIpc) is 3.01. The maximum absolute atomic E-state index is 12.5. The van der Waals surface area contributed by atoms with Crippen LogP contribution in [0.2, 0.25) is 5.02 Å². The molecule has 6 nitrogen and oxygen atoms in total. The largest absolute Gasteiger partial charge is 0.497 e. The highest BCUT2D eigenvalue weighted by Crippen LogP contribution is 2.31. The van der Waals surface area contributed by atoms with Gasteiger partial charge in [-0.25, -0.2) is 0 Å². The van der Waals surface area contributed by atoms with Crippen molar-refractivity contribution in [1.82, 2.24) is 14.8 Å². The summed E-state index contributed by atoms with van der Waals surface area (Å²) in [6, 6.07) is 13.3. The molecule has 0 saturated heterocycles. The van der Waals surface area contributed by atoms with E-state index in [2.05, 4.69) is 20.1 Å². The van der Waals surface area contributed by atoms with Gasteiger partial charge in [-0.3, -0.25) is 4.79 Å². The minimum absolute atomic E-state index is 0.0424. The number of rotatable bonds is 6. The summed E-state index contributed by atoms with van der Waals surface area (Å²) in [4.78, 5) is 12.5. The van der Waals surface area contributed by atoms with Gasteiger partial charge >= 0.3 is 0 Å². The van der Waals surface area contributed by atoms with Crippen LogP contribution >= 0.6 is 11.6 Å². The molecule has 30 heavy (non-hydrogen) atoms. The van der Waals surface area contributed by atoms with Crippen LogP contribution in [0.25, 0.3) is 11.4 Å². The minimum atomic E-state index is -0.0424. The number of anilines is 1. The van der Waals surface area contributed by atoms with Gasteiger partial charge in [0.15, 0.2) is 5.82 Å². The number of ether oxygens (including phenoxy) is 1. The molecule has 0 unspecified atom stereocenters. The number of nitrogens with zero attached hydrogens (tertiary/aromatic N) is 3. The predicted molar refractivity (Wildman–Crippen MR) is 118 cm³/mol. The van der Waals surface area contributed by atoms with Crippen molar-refractivity contribution in [2.24, 2.45) is 0 Å². The molecule has 0 atom stereocenters. The monoisotopic (exact) mass is 424 g/mol. The lowest BCUT2D eigenvalue weighted by molar-refractivity contribution is -0.116. The van der Waals surface area contributed by atoms with E-state index in [-0.39, 0.29) is 5.91 Å². The number of amides is 1. The van der Waals surface area contributed by atoms with E-state index < -0.39 is 0 Å². The number of methoxy groups -OCH3 is 1. The van der Waals surface area contributed by atoms with Crippen LogP contribution in [0.15, 0.2) is 42.5 Å². The van der Waals surface area contributed by atoms with Gasteiger partial charge in [0.05, 0.1) is 12.1 Å². The summed E-state index contributed by atoms with van der Waals surface area (Å²) in [7, 11) is 1.64. The predicted octanol–water partition coefficient (Wildman–Crippen LogP) is 4.90. The molecule has 3 aromatic rings. The van der Waals surface area contributed by atoms with Crippen LogP contribution in [-0.2, 0) is 24.2 Å². The molecule has 1 aromatic heterocycles. The van der Waals surface area contributed by atoms with Crippen molar-refractivity contribution in [3.8, 4) is 17.1 Å². The van der Waals surface area contributed by atoms with Crippen LogP contribution in [0.5, 0.6) is 5.75 Å². The van der Waals surface area contributed by atoms with E-state index in [1.807, 2.05) is 36.4 Å². The van der Waals surface area contributed by atoms with Gasteiger partial charge < -0.3 is 14.6 Å². The van der Waals surface area contributed by atoms with Gasteiger partial charge in [-0.1, -0.05) is 30.2 Å². The first-order valence-corrected chi connectivity index (χ1v) is 10.7. The molecule has 0 spiro atoms. The highest BCUT2D eigenvalue weighted by molar-refractivity contribution is 6.33. The molecule has 1 N–H and O–H groups in total. The number of nitrogens with one attached hydrogen (secondary N) is 1. The van der Waals surface area contributed by atoms with Gasteiger partial charge in [0.2, 0.25) is 5.91 Å². The Bertz CT molecular complexity index is 1030. The summed E-state index contributed by atoms with van der Waals surface area (Å²) >= 11 is 6.47. The third-order valence-electron chi connectivity index (χ3n) is 5.40. The molecule has 0 saturated carbocycles. The van der Waals surface area contributed by atoms with Gasteiger partial charge in [-0.2, -0.15) is 0 Å². The Kier molecular flexibility index (Phi) is 6.33. The van der Waals surface area contributed by atoms with Crippen molar-refractivity contribution in [2.75, 3.05) is 12.4 Å². The number of hydrogen-bond donors (Lipinski definition) is 1. The van der Waals surface area contributed by atoms with Crippen molar-refractivity contribution in [3.05, 3.63) is 58.9 Å². The number of carbonyl (C=O) groups is 1. The molecule has 1 amide bonds. The van der Waals surface area contributed by atoms with Crippen LogP contribution in [-0.4, -0.2) is 27.8 Å². The van der Waals surface area contributed by atoms with Crippen molar-refractivity contribution >= 4 is 23.2 Å². The van der Waals surface area contributed by atoms with Crippen LogP contribution < -0.4 is 10.1 Å². The fourth-order valence-corrected chi connectivity index (χ4v) is 3.93. The highest BCUT2D eigenvalue weighted by Gasteiger charge is 2.18. The topological polar surface area (TPSA) is 69.0 Å².